The minimum atomic E-state index is -0.457. The molecule has 0 radical (unpaired) electrons. The number of aromatic nitrogens is 2. The molecule has 0 aliphatic carbocycles. The van der Waals surface area contributed by atoms with Crippen LogP contribution in [0.3, 0.4) is 0 Å². The highest BCUT2D eigenvalue weighted by atomic mass is 79.9. The second kappa shape index (κ2) is 5.71. The fraction of sp³-hybridized carbons (Fsp3) is 0. The minimum absolute atomic E-state index is 0.169. The Labute approximate surface area is 130 Å². The first kappa shape index (κ1) is 14.0. The number of carbonyl (C=O) groups is 1. The Morgan fingerprint density at radius 1 is 1.22 bits per heavy atom. The summed E-state index contributed by atoms with van der Waals surface area (Å²) in [6.07, 6.45) is 0. The molecule has 0 bridgehead atoms. The zero-order valence-corrected chi connectivity index (χ0v) is 13.0. The highest BCUT2D eigenvalue weighted by molar-refractivity contribution is 9.10. The molecule has 1 heterocycles. The van der Waals surface area contributed by atoms with Crippen LogP contribution < -0.4 is 5.32 Å². The quantitative estimate of drug-likeness (QED) is 0.825. The van der Waals surface area contributed by atoms with Gasteiger partial charge in [0.25, 0.3) is 5.91 Å². The number of hydrogen-bond acceptors (Lipinski definition) is 4. The van der Waals surface area contributed by atoms with Crippen molar-refractivity contribution in [2.45, 2.75) is 0 Å². The van der Waals surface area contributed by atoms with E-state index in [4.69, 9.17) is 34.8 Å². The third kappa shape index (κ3) is 2.95. The third-order valence-electron chi connectivity index (χ3n) is 1.91. The van der Waals surface area contributed by atoms with Gasteiger partial charge < -0.3 is 5.32 Å². The Morgan fingerprint density at radius 2 is 1.83 bits per heavy atom. The molecule has 1 aromatic carbocycles. The molecule has 0 aliphatic heterocycles. The number of anilines is 1. The maximum atomic E-state index is 11.9. The Hall–Kier alpha value is -0.400. The lowest BCUT2D eigenvalue weighted by molar-refractivity contribution is 0.102. The number of halogens is 4. The van der Waals surface area contributed by atoms with Crippen molar-refractivity contribution in [3.8, 4) is 0 Å². The Kier molecular flexibility index (Phi) is 4.45. The predicted octanol–water partition coefficient (Wildman–Crippen LogP) is 4.51. The first-order valence-electron chi connectivity index (χ1n) is 4.43. The zero-order valence-electron chi connectivity index (χ0n) is 8.38. The van der Waals surface area contributed by atoms with Crippen LogP contribution in [0.15, 0.2) is 16.7 Å². The average molecular weight is 387 g/mol. The Balaban J connectivity index is 2.31. The van der Waals surface area contributed by atoms with E-state index in [2.05, 4.69) is 30.0 Å². The summed E-state index contributed by atoms with van der Waals surface area (Å²) >= 11 is 21.7. The van der Waals surface area contributed by atoms with Crippen LogP contribution in [0.1, 0.15) is 10.5 Å². The smallest absolute Gasteiger partial charge is 0.278 e. The van der Waals surface area contributed by atoms with Crippen LogP contribution in [0.25, 0.3) is 0 Å². The maximum absolute atomic E-state index is 11.9. The molecule has 0 fully saturated rings. The molecule has 0 unspecified atom stereocenters. The number of nitrogens with one attached hydrogen (secondary N) is 1. The first-order chi connectivity index (χ1) is 8.49. The van der Waals surface area contributed by atoms with Gasteiger partial charge in [-0.15, -0.1) is 0 Å². The predicted molar refractivity (Wildman–Crippen MR) is 77.0 cm³/mol. The van der Waals surface area contributed by atoms with Crippen molar-refractivity contribution < 1.29 is 4.79 Å². The van der Waals surface area contributed by atoms with Crippen molar-refractivity contribution in [1.82, 2.24) is 8.75 Å². The van der Waals surface area contributed by atoms with Crippen molar-refractivity contribution in [3.63, 3.8) is 0 Å². The van der Waals surface area contributed by atoms with E-state index >= 15 is 0 Å². The number of carbonyl (C=O) groups excluding carboxylic acids is 1. The zero-order chi connectivity index (χ0) is 13.3. The number of rotatable bonds is 2. The molecule has 1 aromatic heterocycles. The standard InChI is InChI=1S/C9H3BrCl3N3OS/c10-8-7(15-18-16-8)9(17)14-6-4(12)1-3(11)2-5(6)13/h1-2H,(H,14,17). The third-order valence-corrected chi connectivity index (χ3v) is 4.04. The molecule has 94 valence electrons. The summed E-state index contributed by atoms with van der Waals surface area (Å²) in [7, 11) is 0. The second-order valence-corrected chi connectivity index (χ2v) is 5.63. The lowest BCUT2D eigenvalue weighted by atomic mass is 10.3. The van der Waals surface area contributed by atoms with Crippen LogP contribution >= 0.6 is 62.5 Å². The Bertz CT molecular complexity index is 596. The summed E-state index contributed by atoms with van der Waals surface area (Å²) in [5, 5.41) is 3.45. The van der Waals surface area contributed by atoms with E-state index in [1.807, 2.05) is 0 Å². The highest BCUT2D eigenvalue weighted by Gasteiger charge is 2.17. The molecule has 1 N–H and O–H groups in total. The maximum Gasteiger partial charge on any atom is 0.278 e. The van der Waals surface area contributed by atoms with Gasteiger partial charge in [0.1, 0.15) is 0 Å². The van der Waals surface area contributed by atoms with E-state index in [1.54, 1.807) is 0 Å². The minimum Gasteiger partial charge on any atom is -0.318 e. The average Bonchev–Trinajstić information content (AvgIpc) is 2.69. The molecule has 18 heavy (non-hydrogen) atoms. The van der Waals surface area contributed by atoms with Crippen LogP contribution in [-0.4, -0.2) is 14.7 Å². The van der Waals surface area contributed by atoms with Gasteiger partial charge in [-0.3, -0.25) is 4.79 Å². The van der Waals surface area contributed by atoms with Gasteiger partial charge in [-0.05, 0) is 28.1 Å². The summed E-state index contributed by atoms with van der Waals surface area (Å²) in [5.41, 5.74) is 0.453. The van der Waals surface area contributed by atoms with Gasteiger partial charge in [0.05, 0.1) is 27.5 Å². The van der Waals surface area contributed by atoms with Gasteiger partial charge >= 0.3 is 0 Å². The van der Waals surface area contributed by atoms with E-state index < -0.39 is 5.91 Å². The molecule has 0 spiro atoms. The van der Waals surface area contributed by atoms with E-state index in [0.29, 0.717) is 9.63 Å². The summed E-state index contributed by atoms with van der Waals surface area (Å²) < 4.78 is 8.05. The molecule has 2 aromatic rings. The first-order valence-corrected chi connectivity index (χ1v) is 7.08. The SMILES string of the molecule is O=C(Nc1c(Cl)cc(Cl)cc1Cl)c1nsnc1Br. The van der Waals surface area contributed by atoms with Crippen molar-refractivity contribution in [3.05, 3.63) is 37.5 Å². The van der Waals surface area contributed by atoms with E-state index in [9.17, 15) is 4.79 Å². The van der Waals surface area contributed by atoms with Crippen LogP contribution in [0.2, 0.25) is 15.1 Å². The summed E-state index contributed by atoms with van der Waals surface area (Å²) in [5.74, 6) is -0.457. The van der Waals surface area contributed by atoms with Gasteiger partial charge in [-0.1, -0.05) is 34.8 Å². The molecule has 0 aliphatic rings. The van der Waals surface area contributed by atoms with E-state index in [0.717, 1.165) is 11.7 Å². The van der Waals surface area contributed by atoms with Gasteiger partial charge in [0.2, 0.25) is 0 Å². The number of benzene rings is 1. The molecule has 0 saturated heterocycles. The topological polar surface area (TPSA) is 54.9 Å². The molecule has 2 rings (SSSR count). The lowest BCUT2D eigenvalue weighted by Crippen LogP contribution is -2.13. The molecular formula is C9H3BrCl3N3OS. The largest absolute Gasteiger partial charge is 0.318 e. The molecule has 9 heteroatoms. The van der Waals surface area contributed by atoms with E-state index in [-0.39, 0.29) is 21.4 Å². The van der Waals surface area contributed by atoms with Crippen molar-refractivity contribution in [2.24, 2.45) is 0 Å². The lowest BCUT2D eigenvalue weighted by Gasteiger charge is -2.08. The summed E-state index contributed by atoms with van der Waals surface area (Å²) in [6.45, 7) is 0. The molecule has 1 amide bonds. The number of amides is 1. The van der Waals surface area contributed by atoms with Gasteiger partial charge in [0.15, 0.2) is 10.3 Å². The number of hydrogen-bond donors (Lipinski definition) is 1. The van der Waals surface area contributed by atoms with Crippen LogP contribution in [0.4, 0.5) is 5.69 Å². The normalized spacial score (nSPS) is 10.4. The Morgan fingerprint density at radius 3 is 2.33 bits per heavy atom. The monoisotopic (exact) mass is 385 g/mol. The molecular weight excluding hydrogens is 384 g/mol. The van der Waals surface area contributed by atoms with Crippen LogP contribution in [0.5, 0.6) is 0 Å². The molecule has 0 atom stereocenters. The van der Waals surface area contributed by atoms with Crippen LogP contribution in [-0.2, 0) is 0 Å². The van der Waals surface area contributed by atoms with Crippen LogP contribution in [0, 0.1) is 0 Å². The van der Waals surface area contributed by atoms with Gasteiger partial charge in [-0.2, -0.15) is 8.75 Å². The highest BCUT2D eigenvalue weighted by Crippen LogP contribution is 2.34. The number of nitrogens with zero attached hydrogens (tertiary/aromatic N) is 2. The fourth-order valence-corrected chi connectivity index (χ4v) is 3.09. The van der Waals surface area contributed by atoms with Crippen molar-refractivity contribution >= 4 is 74.1 Å². The summed E-state index contributed by atoms with van der Waals surface area (Å²) in [4.78, 5) is 11.9. The molecule has 4 nitrogen and oxygen atoms in total. The van der Waals surface area contributed by atoms with Crippen molar-refractivity contribution in [1.29, 1.82) is 0 Å². The van der Waals surface area contributed by atoms with Crippen molar-refractivity contribution in [2.75, 3.05) is 5.32 Å². The fourth-order valence-electron chi connectivity index (χ4n) is 1.15. The molecule has 0 saturated carbocycles. The summed E-state index contributed by atoms with van der Waals surface area (Å²) in [6, 6.07) is 2.97. The van der Waals surface area contributed by atoms with Gasteiger partial charge in [0, 0.05) is 5.02 Å². The van der Waals surface area contributed by atoms with E-state index in [1.165, 1.54) is 12.1 Å². The van der Waals surface area contributed by atoms with Gasteiger partial charge in [-0.25, -0.2) is 0 Å². The second-order valence-electron chi connectivity index (χ2n) is 3.10.